The average Bonchev–Trinajstić information content (AvgIpc) is 3.61. The summed E-state index contributed by atoms with van der Waals surface area (Å²) in [5.74, 6) is -1.58. The number of benzene rings is 2. The van der Waals surface area contributed by atoms with Gasteiger partial charge in [-0.05, 0) is 68.8 Å². The number of hydrogen-bond donors (Lipinski definition) is 2. The third kappa shape index (κ3) is 7.44. The minimum Gasteiger partial charge on any atom is -0.350 e. The zero-order chi connectivity index (χ0) is 36.0. The Balaban J connectivity index is 1.55. The highest BCUT2D eigenvalue weighted by Crippen LogP contribution is 2.39. The van der Waals surface area contributed by atoms with Crippen molar-refractivity contribution >= 4 is 58.2 Å². The predicted octanol–water partition coefficient (Wildman–Crippen LogP) is 7.76. The van der Waals surface area contributed by atoms with Crippen LogP contribution in [-0.4, -0.2) is 51.7 Å². The Hall–Kier alpha value is -4.83. The molecule has 4 amide bonds. The van der Waals surface area contributed by atoms with Crippen LogP contribution in [0.4, 0.5) is 48.3 Å². The highest BCUT2D eigenvalue weighted by molar-refractivity contribution is 6.32. The van der Waals surface area contributed by atoms with Crippen LogP contribution in [-0.2, 0) is 12.4 Å². The van der Waals surface area contributed by atoms with Crippen LogP contribution >= 0.6 is 23.2 Å². The summed E-state index contributed by atoms with van der Waals surface area (Å²) in [7, 11) is 0. The summed E-state index contributed by atoms with van der Waals surface area (Å²) >= 11 is 12.6. The lowest BCUT2D eigenvalue weighted by atomic mass is 10.1. The van der Waals surface area contributed by atoms with Gasteiger partial charge in [0, 0.05) is 42.1 Å². The van der Waals surface area contributed by atoms with Crippen molar-refractivity contribution in [3.05, 3.63) is 92.7 Å². The molecule has 258 valence electrons. The molecule has 3 heterocycles. The molecule has 18 heteroatoms. The number of alkyl halides is 6. The van der Waals surface area contributed by atoms with Crippen LogP contribution in [0.1, 0.15) is 51.4 Å². The first-order valence-corrected chi connectivity index (χ1v) is 15.1. The van der Waals surface area contributed by atoms with E-state index >= 15 is 0 Å². The van der Waals surface area contributed by atoms with Gasteiger partial charge in [-0.3, -0.25) is 19.4 Å². The Kier molecular flexibility index (Phi) is 9.58. The molecule has 2 N–H and O–H groups in total. The molecule has 0 unspecified atom stereocenters. The summed E-state index contributed by atoms with van der Waals surface area (Å²) in [6.45, 7) is 4.57. The molecular formula is C31H25Cl2F6N7O3. The van der Waals surface area contributed by atoms with Crippen LogP contribution in [0, 0.1) is 6.92 Å². The van der Waals surface area contributed by atoms with E-state index in [-0.39, 0.29) is 63.8 Å². The van der Waals surface area contributed by atoms with Gasteiger partial charge in [-0.1, -0.05) is 23.2 Å². The molecule has 0 saturated carbocycles. The molecule has 1 aliphatic heterocycles. The first-order valence-electron chi connectivity index (χ1n) is 14.4. The monoisotopic (exact) mass is 727 g/mol. The summed E-state index contributed by atoms with van der Waals surface area (Å²) in [5, 5.41) is 10.0. The third-order valence-electron chi connectivity index (χ3n) is 7.24. The average molecular weight is 728 g/mol. The van der Waals surface area contributed by atoms with Gasteiger partial charge in [0.15, 0.2) is 11.6 Å². The molecule has 49 heavy (non-hydrogen) atoms. The van der Waals surface area contributed by atoms with Crippen molar-refractivity contribution < 1.29 is 40.7 Å². The van der Waals surface area contributed by atoms with Gasteiger partial charge in [0.2, 0.25) is 0 Å². The van der Waals surface area contributed by atoms with Crippen molar-refractivity contribution in [1.29, 1.82) is 0 Å². The molecule has 10 nitrogen and oxygen atoms in total. The minimum atomic E-state index is -5.13. The number of aryl methyl sites for hydroxylation is 1. The Bertz CT molecular complexity index is 1930. The fraction of sp³-hybridized carbons (Fsp3) is 0.258. The first-order chi connectivity index (χ1) is 22.8. The summed E-state index contributed by atoms with van der Waals surface area (Å²) in [6, 6.07) is 6.65. The van der Waals surface area contributed by atoms with Gasteiger partial charge in [0.25, 0.3) is 11.8 Å². The number of anilines is 3. The largest absolute Gasteiger partial charge is 0.416 e. The molecule has 2 aromatic carbocycles. The van der Waals surface area contributed by atoms with Crippen molar-refractivity contribution in [3.63, 3.8) is 0 Å². The molecule has 5 rings (SSSR count). The molecule has 4 aromatic rings. The number of rotatable bonds is 7. The fourth-order valence-corrected chi connectivity index (χ4v) is 5.52. The second-order valence-electron chi connectivity index (χ2n) is 11.2. The number of halogens is 8. The van der Waals surface area contributed by atoms with Gasteiger partial charge in [-0.15, -0.1) is 5.10 Å². The summed E-state index contributed by atoms with van der Waals surface area (Å²) < 4.78 is 82.2. The van der Waals surface area contributed by atoms with Crippen LogP contribution in [0.25, 0.3) is 5.82 Å². The molecule has 2 aromatic heterocycles. The van der Waals surface area contributed by atoms with Gasteiger partial charge in [-0.2, -0.15) is 26.3 Å². The lowest BCUT2D eigenvalue weighted by Gasteiger charge is -2.20. The molecule has 0 atom stereocenters. The normalized spacial score (nSPS) is 13.8. The number of aromatic nitrogens is 3. The van der Waals surface area contributed by atoms with Crippen molar-refractivity contribution in [2.75, 3.05) is 28.2 Å². The Morgan fingerprint density at radius 3 is 2.12 bits per heavy atom. The lowest BCUT2D eigenvalue weighted by molar-refractivity contribution is -0.143. The third-order valence-corrected chi connectivity index (χ3v) is 7.75. The number of amides is 4. The second kappa shape index (κ2) is 13.2. The standard InChI is InChI=1S/C31H25Cl2F6N7O3/c1-15(2)41-27(47)21-13-19(32)9-16(3)25(21)42-28(48)23-14-24(43-46(23)26-22(33)5-4-6-40-26)45-8-7-44(29(45)49)20-11-17(30(34,35)36)10-18(12-20)31(37,38)39/h4-6,9-15H,7-8H2,1-3H3,(H,41,47)(H,42,48). The van der Waals surface area contributed by atoms with E-state index in [0.29, 0.717) is 17.7 Å². The number of nitrogens with one attached hydrogen (secondary N) is 2. The van der Waals surface area contributed by atoms with Gasteiger partial charge < -0.3 is 10.6 Å². The molecule has 1 saturated heterocycles. The van der Waals surface area contributed by atoms with Gasteiger partial charge in [0.1, 0.15) is 5.69 Å². The minimum absolute atomic E-state index is 0.0365. The number of carbonyl (C=O) groups excluding carboxylic acids is 3. The maximum Gasteiger partial charge on any atom is 0.416 e. The SMILES string of the molecule is Cc1cc(Cl)cc(C(=O)NC(C)C)c1NC(=O)c1cc(N2CCN(c3cc(C(F)(F)F)cc(C(F)(F)F)c3)C2=O)nn1-c1ncccc1Cl. The molecule has 0 spiro atoms. The van der Waals surface area contributed by atoms with Crippen LogP contribution in [0.5, 0.6) is 0 Å². The number of hydrogen-bond acceptors (Lipinski definition) is 5. The number of carbonyl (C=O) groups is 3. The van der Waals surface area contributed by atoms with E-state index in [0.717, 1.165) is 14.5 Å². The Morgan fingerprint density at radius 1 is 0.898 bits per heavy atom. The smallest absolute Gasteiger partial charge is 0.350 e. The fourth-order valence-electron chi connectivity index (χ4n) is 5.05. The quantitative estimate of drug-likeness (QED) is 0.189. The zero-order valence-corrected chi connectivity index (χ0v) is 27.2. The zero-order valence-electron chi connectivity index (χ0n) is 25.7. The molecule has 0 bridgehead atoms. The highest BCUT2D eigenvalue weighted by atomic mass is 35.5. The first kappa shape index (κ1) is 35.5. The van der Waals surface area contributed by atoms with Crippen molar-refractivity contribution in [2.45, 2.75) is 39.2 Å². The van der Waals surface area contributed by atoms with Gasteiger partial charge in [0.05, 0.1) is 27.4 Å². The van der Waals surface area contributed by atoms with Crippen LogP contribution < -0.4 is 20.4 Å². The van der Waals surface area contributed by atoms with Crippen molar-refractivity contribution in [2.24, 2.45) is 0 Å². The summed E-state index contributed by atoms with van der Waals surface area (Å²) in [6.07, 6.45) is -8.89. The van der Waals surface area contributed by atoms with E-state index in [2.05, 4.69) is 20.7 Å². The van der Waals surface area contributed by atoms with E-state index in [1.54, 1.807) is 20.8 Å². The van der Waals surface area contributed by atoms with Crippen molar-refractivity contribution in [1.82, 2.24) is 20.1 Å². The molecule has 1 fully saturated rings. The topological polar surface area (TPSA) is 112 Å². The second-order valence-corrected chi connectivity index (χ2v) is 12.0. The summed E-state index contributed by atoms with van der Waals surface area (Å²) in [5.41, 5.74) is -3.44. The van der Waals surface area contributed by atoms with Crippen LogP contribution in [0.15, 0.2) is 54.7 Å². The van der Waals surface area contributed by atoms with Crippen LogP contribution in [0.3, 0.4) is 0 Å². The van der Waals surface area contributed by atoms with Gasteiger partial charge in [-0.25, -0.2) is 14.5 Å². The number of urea groups is 1. The Morgan fingerprint density at radius 2 is 1.53 bits per heavy atom. The van der Waals surface area contributed by atoms with E-state index in [1.165, 1.54) is 36.5 Å². The summed E-state index contributed by atoms with van der Waals surface area (Å²) in [4.78, 5) is 46.3. The van der Waals surface area contributed by atoms with E-state index < -0.39 is 47.0 Å². The molecule has 0 radical (unpaired) electrons. The van der Waals surface area contributed by atoms with E-state index in [4.69, 9.17) is 23.2 Å². The number of pyridine rings is 1. The van der Waals surface area contributed by atoms with E-state index in [1.807, 2.05) is 0 Å². The van der Waals surface area contributed by atoms with Crippen LogP contribution in [0.2, 0.25) is 10.0 Å². The van der Waals surface area contributed by atoms with E-state index in [9.17, 15) is 40.7 Å². The molecule has 1 aliphatic rings. The van der Waals surface area contributed by atoms with Gasteiger partial charge >= 0.3 is 18.4 Å². The lowest BCUT2D eigenvalue weighted by Crippen LogP contribution is -2.32. The maximum absolute atomic E-state index is 13.9. The molecular weight excluding hydrogens is 703 g/mol. The highest BCUT2D eigenvalue weighted by Gasteiger charge is 2.40. The predicted molar refractivity (Wildman–Crippen MR) is 170 cm³/mol. The molecule has 0 aliphatic carbocycles. The maximum atomic E-state index is 13.9. The van der Waals surface area contributed by atoms with Crippen molar-refractivity contribution in [3.8, 4) is 5.82 Å². The Labute approximate surface area is 284 Å². The number of nitrogens with zero attached hydrogens (tertiary/aromatic N) is 5.